The molecule has 116 valence electrons. The number of benzene rings is 2. The van der Waals surface area contributed by atoms with Crippen molar-refractivity contribution in [2.45, 2.75) is 18.3 Å². The van der Waals surface area contributed by atoms with E-state index in [1.54, 1.807) is 12.1 Å². The highest BCUT2D eigenvalue weighted by atomic mass is 16.2. The average molecular weight is 305 g/mol. The number of hydrogen-bond donors (Lipinski definition) is 1. The molecule has 3 heteroatoms. The summed E-state index contributed by atoms with van der Waals surface area (Å²) in [6.07, 6.45) is 1.70. The molecule has 0 spiro atoms. The molecule has 2 aliphatic rings. The van der Waals surface area contributed by atoms with Crippen molar-refractivity contribution in [3.63, 3.8) is 0 Å². The van der Waals surface area contributed by atoms with Crippen LogP contribution >= 0.6 is 0 Å². The van der Waals surface area contributed by atoms with Gasteiger partial charge in [-0.05, 0) is 37.4 Å². The normalized spacial score (nSPS) is 20.5. The molecular formula is C20H19NO2. The van der Waals surface area contributed by atoms with Crippen LogP contribution in [0.3, 0.4) is 0 Å². The maximum Gasteiger partial charge on any atom is 0.182 e. The summed E-state index contributed by atoms with van der Waals surface area (Å²) < 4.78 is 0. The Morgan fingerprint density at radius 2 is 1.30 bits per heavy atom. The molecule has 3 nitrogen and oxygen atoms in total. The van der Waals surface area contributed by atoms with Crippen molar-refractivity contribution >= 4 is 11.6 Å². The van der Waals surface area contributed by atoms with E-state index in [0.717, 1.165) is 31.5 Å². The Morgan fingerprint density at radius 1 is 0.783 bits per heavy atom. The van der Waals surface area contributed by atoms with E-state index in [4.69, 9.17) is 0 Å². The van der Waals surface area contributed by atoms with Crippen LogP contribution in [-0.2, 0) is 5.41 Å². The number of hydrogen-bond acceptors (Lipinski definition) is 3. The lowest BCUT2D eigenvalue weighted by Crippen LogP contribution is -2.49. The van der Waals surface area contributed by atoms with Crippen LogP contribution in [0.25, 0.3) is 0 Å². The van der Waals surface area contributed by atoms with E-state index >= 15 is 0 Å². The first kappa shape index (κ1) is 14.3. The molecule has 0 amide bonds. The predicted octanol–water partition coefficient (Wildman–Crippen LogP) is 3.00. The lowest BCUT2D eigenvalue weighted by molar-refractivity contribution is 0.0693. The Morgan fingerprint density at radius 3 is 1.87 bits per heavy atom. The highest BCUT2D eigenvalue weighted by molar-refractivity contribution is 6.33. The summed E-state index contributed by atoms with van der Waals surface area (Å²) in [5.41, 5.74) is 0.977. The lowest BCUT2D eigenvalue weighted by Gasteiger charge is -2.37. The molecule has 23 heavy (non-hydrogen) atoms. The number of carbonyl (C=O) groups excluding carboxylic acids is 2. The molecule has 1 N–H and O–H groups in total. The first-order valence-electron chi connectivity index (χ1n) is 8.21. The maximum atomic E-state index is 13.4. The van der Waals surface area contributed by atoms with Gasteiger partial charge in [0.1, 0.15) is 5.41 Å². The van der Waals surface area contributed by atoms with Gasteiger partial charge in [0, 0.05) is 11.1 Å². The van der Waals surface area contributed by atoms with Gasteiger partial charge in [-0.2, -0.15) is 0 Å². The topological polar surface area (TPSA) is 46.2 Å². The van der Waals surface area contributed by atoms with E-state index in [9.17, 15) is 9.59 Å². The summed E-state index contributed by atoms with van der Waals surface area (Å²) in [6.45, 7) is 1.71. The quantitative estimate of drug-likeness (QED) is 0.868. The fourth-order valence-electron chi connectivity index (χ4n) is 4.23. The van der Waals surface area contributed by atoms with Crippen LogP contribution in [0.1, 0.15) is 39.1 Å². The van der Waals surface area contributed by atoms with Crippen molar-refractivity contribution in [3.8, 4) is 0 Å². The zero-order valence-corrected chi connectivity index (χ0v) is 12.9. The summed E-state index contributed by atoms with van der Waals surface area (Å²) in [7, 11) is 0. The molecule has 2 aromatic rings. The second-order valence-corrected chi connectivity index (χ2v) is 6.40. The fraction of sp³-hybridized carbons (Fsp3) is 0.300. The average Bonchev–Trinajstić information content (AvgIpc) is 2.86. The molecule has 4 rings (SSSR count). The van der Waals surface area contributed by atoms with Crippen molar-refractivity contribution in [2.75, 3.05) is 13.1 Å². The summed E-state index contributed by atoms with van der Waals surface area (Å²) in [6, 6.07) is 16.9. The summed E-state index contributed by atoms with van der Waals surface area (Å²) in [5.74, 6) is 0.0194. The van der Waals surface area contributed by atoms with E-state index in [1.165, 1.54) is 0 Å². The summed E-state index contributed by atoms with van der Waals surface area (Å²) in [5, 5.41) is 3.34. The highest BCUT2D eigenvalue weighted by Crippen LogP contribution is 2.47. The third-order valence-electron chi connectivity index (χ3n) is 5.31. The molecule has 1 aliphatic carbocycles. The second kappa shape index (κ2) is 5.43. The van der Waals surface area contributed by atoms with Crippen molar-refractivity contribution in [2.24, 2.45) is 5.92 Å². The third-order valence-corrected chi connectivity index (χ3v) is 5.31. The van der Waals surface area contributed by atoms with E-state index in [1.807, 2.05) is 42.5 Å². The molecule has 1 fully saturated rings. The van der Waals surface area contributed by atoms with Crippen LogP contribution in [0.2, 0.25) is 0 Å². The van der Waals surface area contributed by atoms with E-state index in [2.05, 4.69) is 5.32 Å². The van der Waals surface area contributed by atoms with Gasteiger partial charge in [-0.1, -0.05) is 54.6 Å². The number of carbonyl (C=O) groups is 2. The molecule has 0 atom stereocenters. The van der Waals surface area contributed by atoms with Crippen LogP contribution in [0.15, 0.2) is 54.6 Å². The van der Waals surface area contributed by atoms with E-state index < -0.39 is 5.41 Å². The lowest BCUT2D eigenvalue weighted by atomic mass is 9.64. The highest BCUT2D eigenvalue weighted by Gasteiger charge is 2.58. The van der Waals surface area contributed by atoms with Crippen LogP contribution in [0, 0.1) is 5.92 Å². The second-order valence-electron chi connectivity index (χ2n) is 6.40. The summed E-state index contributed by atoms with van der Waals surface area (Å²) >= 11 is 0. The van der Waals surface area contributed by atoms with Gasteiger partial charge in [-0.15, -0.1) is 0 Å². The molecule has 1 aliphatic heterocycles. The minimum absolute atomic E-state index is 0.0174. The van der Waals surface area contributed by atoms with Gasteiger partial charge in [0.05, 0.1) is 0 Å². The zero-order chi connectivity index (χ0) is 15.9. The molecule has 1 heterocycles. The number of fused-ring (bicyclic) bond motifs is 1. The molecule has 0 aromatic heterocycles. The number of nitrogens with one attached hydrogen (secondary N) is 1. The fourth-order valence-corrected chi connectivity index (χ4v) is 4.23. The summed E-state index contributed by atoms with van der Waals surface area (Å²) in [4.78, 5) is 26.8. The Balaban J connectivity index is 1.94. The number of piperidine rings is 1. The minimum atomic E-state index is -1.03. The van der Waals surface area contributed by atoms with Gasteiger partial charge in [0.15, 0.2) is 11.6 Å². The maximum absolute atomic E-state index is 13.4. The Kier molecular flexibility index (Phi) is 3.38. The molecule has 1 saturated heterocycles. The van der Waals surface area contributed by atoms with Crippen molar-refractivity contribution in [3.05, 3.63) is 71.3 Å². The van der Waals surface area contributed by atoms with Crippen LogP contribution in [-0.4, -0.2) is 24.7 Å². The molecule has 0 unspecified atom stereocenters. The number of Topliss-reactive ketones (excluding diaryl/α,β-unsaturated/α-hetero) is 2. The van der Waals surface area contributed by atoms with Gasteiger partial charge in [0.25, 0.3) is 0 Å². The predicted molar refractivity (Wildman–Crippen MR) is 88.8 cm³/mol. The van der Waals surface area contributed by atoms with Gasteiger partial charge in [-0.25, -0.2) is 0 Å². The molecular weight excluding hydrogens is 286 g/mol. The van der Waals surface area contributed by atoms with Gasteiger partial charge >= 0.3 is 0 Å². The first-order valence-corrected chi connectivity index (χ1v) is 8.21. The van der Waals surface area contributed by atoms with Crippen molar-refractivity contribution < 1.29 is 9.59 Å². The monoisotopic (exact) mass is 305 g/mol. The van der Waals surface area contributed by atoms with Gasteiger partial charge in [0.2, 0.25) is 0 Å². The van der Waals surface area contributed by atoms with Crippen LogP contribution in [0.4, 0.5) is 0 Å². The standard InChI is InChI=1S/C20H19NO2/c22-18-16-8-4-5-9-17(16)19(23)20(18,14-6-2-1-3-7-14)15-10-12-21-13-11-15/h1-9,15,21H,10-13H2. The Hall–Kier alpha value is -2.26. The zero-order valence-electron chi connectivity index (χ0n) is 12.9. The van der Waals surface area contributed by atoms with Gasteiger partial charge < -0.3 is 5.32 Å². The van der Waals surface area contributed by atoms with E-state index in [-0.39, 0.29) is 17.5 Å². The first-order chi connectivity index (χ1) is 11.3. The van der Waals surface area contributed by atoms with Crippen molar-refractivity contribution in [1.29, 1.82) is 0 Å². The number of rotatable bonds is 2. The smallest absolute Gasteiger partial charge is 0.182 e. The Labute approximate surface area is 135 Å². The van der Waals surface area contributed by atoms with Crippen LogP contribution < -0.4 is 5.32 Å². The molecule has 2 aromatic carbocycles. The largest absolute Gasteiger partial charge is 0.317 e. The van der Waals surface area contributed by atoms with E-state index in [0.29, 0.717) is 11.1 Å². The van der Waals surface area contributed by atoms with Crippen molar-refractivity contribution in [1.82, 2.24) is 5.32 Å². The van der Waals surface area contributed by atoms with Crippen LogP contribution in [0.5, 0.6) is 0 Å². The van der Waals surface area contributed by atoms with Gasteiger partial charge in [-0.3, -0.25) is 9.59 Å². The molecule has 0 radical (unpaired) electrons. The number of ketones is 2. The SMILES string of the molecule is O=C1c2ccccc2C(=O)C1(c1ccccc1)C1CCNCC1. The minimum Gasteiger partial charge on any atom is -0.317 e. The molecule has 0 saturated carbocycles. The third kappa shape index (κ3) is 1.93. The molecule has 0 bridgehead atoms. The Bertz CT molecular complexity index is 725.